The number of halogens is 1. The van der Waals surface area contributed by atoms with Gasteiger partial charge in [-0.05, 0) is 36.7 Å². The summed E-state index contributed by atoms with van der Waals surface area (Å²) < 4.78 is 35.8. The van der Waals surface area contributed by atoms with Gasteiger partial charge < -0.3 is 10.2 Å². The van der Waals surface area contributed by atoms with E-state index in [0.29, 0.717) is 13.1 Å². The largest absolute Gasteiger partial charge is 0.373 e. The maximum absolute atomic E-state index is 13.4. The number of hydrogen-bond acceptors (Lipinski definition) is 4. The van der Waals surface area contributed by atoms with Gasteiger partial charge in [0, 0.05) is 32.1 Å². The smallest absolute Gasteiger partial charge is 0.149 e. The van der Waals surface area contributed by atoms with Gasteiger partial charge in [0.15, 0.2) is 0 Å². The molecule has 1 aromatic rings. The Kier molecular flexibility index (Phi) is 6.42. The molecule has 1 aromatic carbocycles. The van der Waals surface area contributed by atoms with E-state index in [1.54, 1.807) is 6.07 Å². The van der Waals surface area contributed by atoms with E-state index in [9.17, 15) is 12.8 Å². The molecule has 1 N–H and O–H groups in total. The fourth-order valence-corrected chi connectivity index (χ4v) is 2.50. The van der Waals surface area contributed by atoms with E-state index in [4.69, 9.17) is 0 Å². The molecular formula is C14H23FN2O2S. The van der Waals surface area contributed by atoms with Crippen LogP contribution in [0.3, 0.4) is 0 Å². The number of anilines is 1. The first kappa shape index (κ1) is 16.9. The van der Waals surface area contributed by atoms with Gasteiger partial charge in [-0.3, -0.25) is 0 Å². The molecule has 0 spiro atoms. The Morgan fingerprint density at radius 3 is 2.65 bits per heavy atom. The van der Waals surface area contributed by atoms with Crippen LogP contribution in [0.4, 0.5) is 10.1 Å². The first-order valence-electron chi connectivity index (χ1n) is 6.71. The van der Waals surface area contributed by atoms with Gasteiger partial charge in [0.2, 0.25) is 0 Å². The zero-order chi connectivity index (χ0) is 15.2. The minimum absolute atomic E-state index is 0.0860. The topological polar surface area (TPSA) is 49.4 Å². The minimum Gasteiger partial charge on any atom is -0.373 e. The molecule has 0 aliphatic rings. The van der Waals surface area contributed by atoms with Crippen LogP contribution in [0.1, 0.15) is 18.9 Å². The predicted molar refractivity (Wildman–Crippen MR) is 81.4 cm³/mol. The third-order valence-corrected chi connectivity index (χ3v) is 3.92. The van der Waals surface area contributed by atoms with Crippen LogP contribution in [-0.2, 0) is 16.4 Å². The van der Waals surface area contributed by atoms with Gasteiger partial charge in [-0.1, -0.05) is 6.92 Å². The van der Waals surface area contributed by atoms with Crippen molar-refractivity contribution in [2.24, 2.45) is 0 Å². The monoisotopic (exact) mass is 302 g/mol. The van der Waals surface area contributed by atoms with E-state index < -0.39 is 9.84 Å². The molecule has 0 bridgehead atoms. The van der Waals surface area contributed by atoms with Crippen molar-refractivity contribution in [3.05, 3.63) is 29.6 Å². The van der Waals surface area contributed by atoms with Gasteiger partial charge in [-0.25, -0.2) is 12.8 Å². The number of sulfone groups is 1. The normalized spacial score (nSPS) is 11.6. The van der Waals surface area contributed by atoms with Gasteiger partial charge in [0.25, 0.3) is 0 Å². The molecule has 0 amide bonds. The standard InChI is InChI=1S/C14H23FN2O2S/c1-4-7-16-11-12-10-13(15)5-6-14(12)17(2)8-9-20(3,18)19/h5-6,10,16H,4,7-9,11H2,1-3H3. The highest BCUT2D eigenvalue weighted by atomic mass is 32.2. The predicted octanol–water partition coefficient (Wildman–Crippen LogP) is 1.81. The second-order valence-corrected chi connectivity index (χ2v) is 7.26. The zero-order valence-corrected chi connectivity index (χ0v) is 13.1. The van der Waals surface area contributed by atoms with E-state index in [1.165, 1.54) is 18.4 Å². The molecule has 0 unspecified atom stereocenters. The third-order valence-electron chi connectivity index (χ3n) is 2.99. The molecule has 0 aromatic heterocycles. The quantitative estimate of drug-likeness (QED) is 0.744. The molecule has 4 nitrogen and oxygen atoms in total. The second kappa shape index (κ2) is 7.59. The van der Waals surface area contributed by atoms with Crippen LogP contribution in [0.15, 0.2) is 18.2 Å². The lowest BCUT2D eigenvalue weighted by atomic mass is 10.1. The van der Waals surface area contributed by atoms with Crippen LogP contribution in [0.2, 0.25) is 0 Å². The van der Waals surface area contributed by atoms with Gasteiger partial charge in [-0.2, -0.15) is 0 Å². The Bertz CT molecular complexity index is 532. The van der Waals surface area contributed by atoms with Crippen molar-refractivity contribution in [3.8, 4) is 0 Å². The van der Waals surface area contributed by atoms with Crippen molar-refractivity contribution in [3.63, 3.8) is 0 Å². The van der Waals surface area contributed by atoms with E-state index in [1.807, 2.05) is 11.9 Å². The number of nitrogens with zero attached hydrogens (tertiary/aromatic N) is 1. The first-order valence-corrected chi connectivity index (χ1v) is 8.77. The highest BCUT2D eigenvalue weighted by Crippen LogP contribution is 2.20. The lowest BCUT2D eigenvalue weighted by molar-refractivity contribution is 0.600. The number of benzene rings is 1. The molecule has 0 atom stereocenters. The number of nitrogens with one attached hydrogen (secondary N) is 1. The molecule has 114 valence electrons. The summed E-state index contributed by atoms with van der Waals surface area (Å²) in [6.07, 6.45) is 2.23. The van der Waals surface area contributed by atoms with Crippen LogP contribution in [0.25, 0.3) is 0 Å². The molecular weight excluding hydrogens is 279 g/mol. The van der Waals surface area contributed by atoms with Crippen LogP contribution in [-0.4, -0.2) is 40.6 Å². The van der Waals surface area contributed by atoms with Gasteiger partial charge in [0.1, 0.15) is 15.7 Å². The third kappa shape index (κ3) is 5.88. The summed E-state index contributed by atoms with van der Waals surface area (Å²) in [7, 11) is -1.18. The highest BCUT2D eigenvalue weighted by Gasteiger charge is 2.11. The molecule has 0 heterocycles. The molecule has 0 aliphatic heterocycles. The van der Waals surface area contributed by atoms with Crippen LogP contribution in [0.5, 0.6) is 0 Å². The zero-order valence-electron chi connectivity index (χ0n) is 12.3. The fourth-order valence-electron chi connectivity index (χ4n) is 1.89. The Balaban J connectivity index is 2.81. The second-order valence-electron chi connectivity index (χ2n) is 5.00. The summed E-state index contributed by atoms with van der Waals surface area (Å²) in [6, 6.07) is 4.59. The van der Waals surface area contributed by atoms with Crippen molar-refractivity contribution in [1.82, 2.24) is 5.32 Å². The molecule has 0 radical (unpaired) electrons. The summed E-state index contributed by atoms with van der Waals surface area (Å²) in [4.78, 5) is 1.85. The van der Waals surface area contributed by atoms with Crippen molar-refractivity contribution in [2.45, 2.75) is 19.9 Å². The summed E-state index contributed by atoms with van der Waals surface area (Å²) >= 11 is 0. The Hall–Kier alpha value is -1.14. The van der Waals surface area contributed by atoms with Crippen LogP contribution in [0, 0.1) is 5.82 Å². The Morgan fingerprint density at radius 1 is 1.35 bits per heavy atom. The van der Waals surface area contributed by atoms with Crippen molar-refractivity contribution >= 4 is 15.5 Å². The lowest BCUT2D eigenvalue weighted by Crippen LogP contribution is -2.27. The van der Waals surface area contributed by atoms with Crippen molar-refractivity contribution in [1.29, 1.82) is 0 Å². The van der Waals surface area contributed by atoms with E-state index in [2.05, 4.69) is 12.2 Å². The molecule has 6 heteroatoms. The Labute approximate surface area is 120 Å². The van der Waals surface area contributed by atoms with Crippen molar-refractivity contribution < 1.29 is 12.8 Å². The van der Waals surface area contributed by atoms with Gasteiger partial charge in [-0.15, -0.1) is 0 Å². The highest BCUT2D eigenvalue weighted by molar-refractivity contribution is 7.90. The molecule has 20 heavy (non-hydrogen) atoms. The summed E-state index contributed by atoms with van der Waals surface area (Å²) in [5, 5.41) is 3.23. The van der Waals surface area contributed by atoms with E-state index >= 15 is 0 Å². The summed E-state index contributed by atoms with van der Waals surface area (Å²) in [5.74, 6) is -0.193. The minimum atomic E-state index is -3.00. The lowest BCUT2D eigenvalue weighted by Gasteiger charge is -2.22. The van der Waals surface area contributed by atoms with E-state index in [-0.39, 0.29) is 11.6 Å². The average molecular weight is 302 g/mol. The molecule has 1 rings (SSSR count). The average Bonchev–Trinajstić information content (AvgIpc) is 2.36. The number of hydrogen-bond donors (Lipinski definition) is 1. The number of rotatable bonds is 8. The molecule has 0 fully saturated rings. The SMILES string of the molecule is CCCNCc1cc(F)ccc1N(C)CCS(C)(=O)=O. The molecule has 0 saturated heterocycles. The van der Waals surface area contributed by atoms with Crippen molar-refractivity contribution in [2.75, 3.05) is 37.0 Å². The molecule has 0 saturated carbocycles. The maximum Gasteiger partial charge on any atom is 0.149 e. The van der Waals surface area contributed by atoms with Gasteiger partial charge >= 0.3 is 0 Å². The molecule has 0 aliphatic carbocycles. The summed E-state index contributed by atoms with van der Waals surface area (Å²) in [5.41, 5.74) is 1.70. The van der Waals surface area contributed by atoms with E-state index in [0.717, 1.165) is 24.2 Å². The first-order chi connectivity index (χ1) is 9.33. The van der Waals surface area contributed by atoms with Gasteiger partial charge in [0.05, 0.1) is 5.75 Å². The Morgan fingerprint density at radius 2 is 2.05 bits per heavy atom. The van der Waals surface area contributed by atoms with Crippen LogP contribution < -0.4 is 10.2 Å². The van der Waals surface area contributed by atoms with Crippen LogP contribution >= 0.6 is 0 Å². The fraction of sp³-hybridized carbons (Fsp3) is 0.571. The maximum atomic E-state index is 13.4. The summed E-state index contributed by atoms with van der Waals surface area (Å²) in [6.45, 7) is 3.90.